The molecule has 0 bridgehead atoms. The van der Waals surface area contributed by atoms with Crippen molar-refractivity contribution in [3.63, 3.8) is 0 Å². The van der Waals surface area contributed by atoms with Crippen LogP contribution in [0.1, 0.15) is 24.0 Å². The summed E-state index contributed by atoms with van der Waals surface area (Å²) in [5.41, 5.74) is 1.42. The molecule has 22 heavy (non-hydrogen) atoms. The molecule has 0 spiro atoms. The molecule has 0 saturated carbocycles. The molecule has 1 aromatic carbocycles. The molecule has 2 N–H and O–H groups in total. The Kier molecular flexibility index (Phi) is 6.34. The molecule has 1 aromatic rings. The minimum absolute atomic E-state index is 0.00564. The van der Waals surface area contributed by atoms with Crippen LogP contribution in [0.2, 0.25) is 0 Å². The summed E-state index contributed by atoms with van der Waals surface area (Å²) in [6.07, 6.45) is 2.37. The van der Waals surface area contributed by atoms with Crippen molar-refractivity contribution < 1.29 is 9.18 Å². The van der Waals surface area contributed by atoms with Crippen LogP contribution in [0.3, 0.4) is 0 Å². The number of nitrogens with one attached hydrogen (secondary N) is 2. The molecule has 1 unspecified atom stereocenters. The Labute approximate surface area is 132 Å². The summed E-state index contributed by atoms with van der Waals surface area (Å²) in [7, 11) is 1.96. The highest BCUT2D eigenvalue weighted by Crippen LogP contribution is 2.15. The highest BCUT2D eigenvalue weighted by molar-refractivity contribution is 5.78. The number of hydrogen-bond acceptors (Lipinski definition) is 3. The number of benzene rings is 1. The third-order valence-electron chi connectivity index (χ3n) is 4.19. The molecule has 1 aliphatic rings. The first kappa shape index (κ1) is 16.9. The number of carbonyl (C=O) groups excluding carboxylic acids is 1. The largest absolute Gasteiger partial charge is 0.351 e. The molecule has 122 valence electrons. The van der Waals surface area contributed by atoms with Gasteiger partial charge in [-0.15, -0.1) is 0 Å². The van der Waals surface area contributed by atoms with Gasteiger partial charge in [-0.3, -0.25) is 9.69 Å². The number of carbonyl (C=O) groups is 1. The predicted molar refractivity (Wildman–Crippen MR) is 86.1 cm³/mol. The van der Waals surface area contributed by atoms with E-state index in [1.165, 1.54) is 12.5 Å². The monoisotopic (exact) mass is 307 g/mol. The van der Waals surface area contributed by atoms with E-state index in [4.69, 9.17) is 0 Å². The maximum Gasteiger partial charge on any atom is 0.234 e. The van der Waals surface area contributed by atoms with Gasteiger partial charge in [-0.25, -0.2) is 4.39 Å². The van der Waals surface area contributed by atoms with Crippen LogP contribution in [-0.2, 0) is 11.3 Å². The number of hydrogen-bond donors (Lipinski definition) is 2. The fourth-order valence-electron chi connectivity index (χ4n) is 2.96. The first-order valence-corrected chi connectivity index (χ1v) is 7.97. The SMILES string of the molecule is CNCC1CCCN(CC(=O)NCc2ccc(C)c(F)c2)C1. The maximum atomic E-state index is 13.5. The van der Waals surface area contributed by atoms with Gasteiger partial charge in [0.1, 0.15) is 5.82 Å². The summed E-state index contributed by atoms with van der Waals surface area (Å²) in [4.78, 5) is 14.2. The smallest absolute Gasteiger partial charge is 0.234 e. The number of likely N-dealkylation sites (tertiary alicyclic amines) is 1. The topological polar surface area (TPSA) is 44.4 Å². The van der Waals surface area contributed by atoms with Crippen molar-refractivity contribution in [2.75, 3.05) is 33.2 Å². The van der Waals surface area contributed by atoms with E-state index in [1.807, 2.05) is 13.1 Å². The van der Waals surface area contributed by atoms with Crippen LogP contribution in [0.15, 0.2) is 18.2 Å². The van der Waals surface area contributed by atoms with Gasteiger partial charge in [0.05, 0.1) is 6.54 Å². The van der Waals surface area contributed by atoms with Gasteiger partial charge in [-0.05, 0) is 63.0 Å². The van der Waals surface area contributed by atoms with Crippen LogP contribution in [0.4, 0.5) is 4.39 Å². The Morgan fingerprint density at radius 3 is 3.00 bits per heavy atom. The van der Waals surface area contributed by atoms with Crippen molar-refractivity contribution >= 4 is 5.91 Å². The van der Waals surface area contributed by atoms with Gasteiger partial charge < -0.3 is 10.6 Å². The Morgan fingerprint density at radius 1 is 1.45 bits per heavy atom. The van der Waals surface area contributed by atoms with E-state index in [0.29, 0.717) is 24.6 Å². The molecule has 1 amide bonds. The highest BCUT2D eigenvalue weighted by atomic mass is 19.1. The Morgan fingerprint density at radius 2 is 2.27 bits per heavy atom. The van der Waals surface area contributed by atoms with E-state index < -0.39 is 0 Å². The predicted octanol–water partition coefficient (Wildman–Crippen LogP) is 1.68. The third kappa shape index (κ3) is 5.07. The van der Waals surface area contributed by atoms with Crippen LogP contribution in [0.25, 0.3) is 0 Å². The number of amides is 1. The van der Waals surface area contributed by atoms with Gasteiger partial charge in [-0.2, -0.15) is 0 Å². The first-order chi connectivity index (χ1) is 10.6. The van der Waals surface area contributed by atoms with Crippen LogP contribution < -0.4 is 10.6 Å². The van der Waals surface area contributed by atoms with Crippen LogP contribution >= 0.6 is 0 Å². The molecule has 1 fully saturated rings. The van der Waals surface area contributed by atoms with Gasteiger partial charge >= 0.3 is 0 Å². The second-order valence-electron chi connectivity index (χ2n) is 6.16. The second kappa shape index (κ2) is 8.25. The molecular weight excluding hydrogens is 281 g/mol. The maximum absolute atomic E-state index is 13.5. The zero-order valence-electron chi connectivity index (χ0n) is 13.5. The minimum atomic E-state index is -0.224. The summed E-state index contributed by atoms with van der Waals surface area (Å²) in [5.74, 6) is 0.404. The van der Waals surface area contributed by atoms with Crippen molar-refractivity contribution in [3.05, 3.63) is 35.1 Å². The number of aryl methyl sites for hydroxylation is 1. The van der Waals surface area contributed by atoms with Gasteiger partial charge in [0.15, 0.2) is 0 Å². The molecule has 4 nitrogen and oxygen atoms in total. The molecule has 0 radical (unpaired) electrons. The average molecular weight is 307 g/mol. The van der Waals surface area contributed by atoms with E-state index in [-0.39, 0.29) is 11.7 Å². The molecule has 1 heterocycles. The molecule has 0 aliphatic carbocycles. The van der Waals surface area contributed by atoms with Gasteiger partial charge in [0.2, 0.25) is 5.91 Å². The van der Waals surface area contributed by atoms with Gasteiger partial charge in [-0.1, -0.05) is 12.1 Å². The van der Waals surface area contributed by atoms with E-state index in [9.17, 15) is 9.18 Å². The van der Waals surface area contributed by atoms with E-state index in [0.717, 1.165) is 31.6 Å². The summed E-state index contributed by atoms with van der Waals surface area (Å²) in [6.45, 7) is 5.48. The summed E-state index contributed by atoms with van der Waals surface area (Å²) in [6, 6.07) is 5.08. The Bertz CT molecular complexity index is 505. The molecular formula is C17H26FN3O. The fraction of sp³-hybridized carbons (Fsp3) is 0.588. The second-order valence-corrected chi connectivity index (χ2v) is 6.16. The lowest BCUT2D eigenvalue weighted by molar-refractivity contribution is -0.122. The number of nitrogens with zero attached hydrogens (tertiary/aromatic N) is 1. The quantitative estimate of drug-likeness (QED) is 0.840. The normalized spacial score (nSPS) is 19.1. The molecule has 1 aliphatic heterocycles. The Hall–Kier alpha value is -1.46. The van der Waals surface area contributed by atoms with Crippen molar-refractivity contribution in [2.24, 2.45) is 5.92 Å². The zero-order chi connectivity index (χ0) is 15.9. The zero-order valence-corrected chi connectivity index (χ0v) is 13.5. The molecule has 1 saturated heterocycles. The van der Waals surface area contributed by atoms with Gasteiger partial charge in [0, 0.05) is 13.1 Å². The van der Waals surface area contributed by atoms with Gasteiger partial charge in [0.25, 0.3) is 0 Å². The van der Waals surface area contributed by atoms with Crippen LogP contribution in [0.5, 0.6) is 0 Å². The third-order valence-corrected chi connectivity index (χ3v) is 4.19. The summed E-state index contributed by atoms with van der Waals surface area (Å²) < 4.78 is 13.5. The molecule has 5 heteroatoms. The van der Waals surface area contributed by atoms with E-state index in [2.05, 4.69) is 15.5 Å². The number of piperidine rings is 1. The number of halogens is 1. The minimum Gasteiger partial charge on any atom is -0.351 e. The number of rotatable bonds is 6. The molecule has 2 rings (SSSR count). The standard InChI is InChI=1S/C17H26FN3O/c1-13-5-6-14(8-16(13)18)10-20-17(22)12-21-7-3-4-15(11-21)9-19-2/h5-6,8,15,19H,3-4,7,9-12H2,1-2H3,(H,20,22). The lowest BCUT2D eigenvalue weighted by Gasteiger charge is -2.32. The highest BCUT2D eigenvalue weighted by Gasteiger charge is 2.20. The van der Waals surface area contributed by atoms with E-state index in [1.54, 1.807) is 13.0 Å². The molecule has 0 aromatic heterocycles. The van der Waals surface area contributed by atoms with E-state index >= 15 is 0 Å². The summed E-state index contributed by atoms with van der Waals surface area (Å²) >= 11 is 0. The first-order valence-electron chi connectivity index (χ1n) is 7.97. The summed E-state index contributed by atoms with van der Waals surface area (Å²) in [5, 5.41) is 6.08. The molecule has 1 atom stereocenters. The van der Waals surface area contributed by atoms with Crippen molar-refractivity contribution in [1.82, 2.24) is 15.5 Å². The van der Waals surface area contributed by atoms with Crippen molar-refractivity contribution in [1.29, 1.82) is 0 Å². The Balaban J connectivity index is 1.76. The van der Waals surface area contributed by atoms with Crippen molar-refractivity contribution in [3.8, 4) is 0 Å². The average Bonchev–Trinajstić information content (AvgIpc) is 2.49. The lowest BCUT2D eigenvalue weighted by Crippen LogP contribution is -2.44. The van der Waals surface area contributed by atoms with Crippen molar-refractivity contribution in [2.45, 2.75) is 26.3 Å². The lowest BCUT2D eigenvalue weighted by atomic mass is 9.98. The van der Waals surface area contributed by atoms with Crippen LogP contribution in [0, 0.1) is 18.7 Å². The van der Waals surface area contributed by atoms with Crippen LogP contribution in [-0.4, -0.2) is 44.0 Å². The fourth-order valence-corrected chi connectivity index (χ4v) is 2.96.